The fourth-order valence-corrected chi connectivity index (χ4v) is 3.97. The first-order valence-electron chi connectivity index (χ1n) is 10.6. The fourth-order valence-electron chi connectivity index (χ4n) is 3.97. The first-order chi connectivity index (χ1) is 15.0. The topological polar surface area (TPSA) is 60.0 Å². The molecule has 1 fully saturated rings. The number of nitrogens with one attached hydrogen (secondary N) is 1. The molecule has 1 heterocycles. The molecule has 6 nitrogen and oxygen atoms in total. The van der Waals surface area contributed by atoms with Gasteiger partial charge in [-0.3, -0.25) is 4.79 Å². The van der Waals surface area contributed by atoms with Crippen molar-refractivity contribution in [1.29, 1.82) is 0 Å². The smallest absolute Gasteiger partial charge is 0.254 e. The zero-order valence-electron chi connectivity index (χ0n) is 18.8. The molecule has 0 aliphatic carbocycles. The lowest BCUT2D eigenvalue weighted by Crippen LogP contribution is -2.37. The number of carbonyl (C=O) groups excluding carboxylic acids is 1. The van der Waals surface area contributed by atoms with Gasteiger partial charge < -0.3 is 24.4 Å². The Bertz CT molecular complexity index is 880. The van der Waals surface area contributed by atoms with E-state index in [4.69, 9.17) is 14.2 Å². The Morgan fingerprint density at radius 1 is 1.10 bits per heavy atom. The predicted molar refractivity (Wildman–Crippen MR) is 123 cm³/mol. The Kier molecular flexibility index (Phi) is 7.95. The van der Waals surface area contributed by atoms with E-state index >= 15 is 0 Å². The van der Waals surface area contributed by atoms with E-state index in [1.165, 1.54) is 0 Å². The summed E-state index contributed by atoms with van der Waals surface area (Å²) < 4.78 is 16.3. The van der Waals surface area contributed by atoms with Crippen LogP contribution in [-0.2, 0) is 0 Å². The Hall–Kier alpha value is -2.99. The Labute approximate surface area is 184 Å². The fraction of sp³-hybridized carbons (Fsp3) is 0.400. The molecule has 1 aliphatic rings. The van der Waals surface area contributed by atoms with Crippen LogP contribution in [0.15, 0.2) is 48.0 Å². The van der Waals surface area contributed by atoms with Crippen molar-refractivity contribution < 1.29 is 19.0 Å². The van der Waals surface area contributed by atoms with Gasteiger partial charge in [-0.15, -0.1) is 0 Å². The standard InChI is InChI=1S/C25H32N2O4/c1-18(12-19-8-6-5-7-9-19)16-27(17-20-10-11-26-15-20)25(28)21-13-22(29-2)24(31-4)23(14-21)30-3/h5-9,12-14,20,26H,10-11,15-17H2,1-4H3/b18-12+. The second-order valence-corrected chi connectivity index (χ2v) is 7.86. The molecule has 0 aromatic heterocycles. The lowest BCUT2D eigenvalue weighted by molar-refractivity contribution is 0.0747. The van der Waals surface area contributed by atoms with Gasteiger partial charge in [0.2, 0.25) is 5.75 Å². The van der Waals surface area contributed by atoms with E-state index in [2.05, 4.69) is 30.4 Å². The van der Waals surface area contributed by atoms with Crippen LogP contribution in [0.3, 0.4) is 0 Å². The number of hydrogen-bond donors (Lipinski definition) is 1. The van der Waals surface area contributed by atoms with E-state index in [0.29, 0.717) is 41.8 Å². The van der Waals surface area contributed by atoms with E-state index in [9.17, 15) is 4.79 Å². The summed E-state index contributed by atoms with van der Waals surface area (Å²) in [5, 5.41) is 3.39. The number of rotatable bonds is 9. The Balaban J connectivity index is 1.89. The van der Waals surface area contributed by atoms with E-state index in [1.54, 1.807) is 33.5 Å². The number of hydrogen-bond acceptors (Lipinski definition) is 5. The van der Waals surface area contributed by atoms with Crippen LogP contribution in [0, 0.1) is 5.92 Å². The predicted octanol–water partition coefficient (Wildman–Crippen LogP) is 3.87. The van der Waals surface area contributed by atoms with Crippen LogP contribution in [0.5, 0.6) is 17.2 Å². The van der Waals surface area contributed by atoms with Crippen LogP contribution in [-0.4, -0.2) is 58.3 Å². The minimum Gasteiger partial charge on any atom is -0.493 e. The second-order valence-electron chi connectivity index (χ2n) is 7.86. The normalized spacial score (nSPS) is 16.1. The first-order valence-corrected chi connectivity index (χ1v) is 10.6. The van der Waals surface area contributed by atoms with Crippen LogP contribution in [0.1, 0.15) is 29.3 Å². The number of benzene rings is 2. The van der Waals surface area contributed by atoms with Crippen molar-refractivity contribution in [3.05, 3.63) is 59.2 Å². The molecule has 0 saturated carbocycles. The van der Waals surface area contributed by atoms with Crippen LogP contribution < -0.4 is 19.5 Å². The van der Waals surface area contributed by atoms with Crippen LogP contribution in [0.25, 0.3) is 6.08 Å². The summed E-state index contributed by atoms with van der Waals surface area (Å²) in [6, 6.07) is 13.6. The Morgan fingerprint density at radius 3 is 2.32 bits per heavy atom. The average molecular weight is 425 g/mol. The van der Waals surface area contributed by atoms with Gasteiger partial charge >= 0.3 is 0 Å². The third-order valence-corrected chi connectivity index (χ3v) is 5.49. The minimum absolute atomic E-state index is 0.0491. The molecule has 1 aliphatic heterocycles. The molecule has 6 heteroatoms. The van der Waals surface area contributed by atoms with Crippen LogP contribution >= 0.6 is 0 Å². The maximum Gasteiger partial charge on any atom is 0.254 e. The first kappa shape index (κ1) is 22.7. The van der Waals surface area contributed by atoms with Gasteiger partial charge in [-0.25, -0.2) is 0 Å². The van der Waals surface area contributed by atoms with Gasteiger partial charge in [0.15, 0.2) is 11.5 Å². The lowest BCUT2D eigenvalue weighted by atomic mass is 10.1. The number of amides is 1. The molecule has 166 valence electrons. The molecule has 1 N–H and O–H groups in total. The van der Waals surface area contributed by atoms with Crippen molar-refractivity contribution in [1.82, 2.24) is 10.2 Å². The molecule has 0 bridgehead atoms. The summed E-state index contributed by atoms with van der Waals surface area (Å²) in [4.78, 5) is 15.5. The summed E-state index contributed by atoms with van der Waals surface area (Å²) >= 11 is 0. The highest BCUT2D eigenvalue weighted by atomic mass is 16.5. The molecule has 1 amide bonds. The van der Waals surface area contributed by atoms with Gasteiger partial charge in [0.1, 0.15) is 0 Å². The molecule has 3 rings (SSSR count). The monoisotopic (exact) mass is 424 g/mol. The summed E-state index contributed by atoms with van der Waals surface area (Å²) in [5.41, 5.74) is 2.77. The number of methoxy groups -OCH3 is 3. The number of nitrogens with zero attached hydrogens (tertiary/aromatic N) is 1. The van der Waals surface area contributed by atoms with Gasteiger partial charge in [-0.1, -0.05) is 42.0 Å². The van der Waals surface area contributed by atoms with Crippen molar-refractivity contribution in [3.63, 3.8) is 0 Å². The Morgan fingerprint density at radius 2 is 1.77 bits per heavy atom. The largest absolute Gasteiger partial charge is 0.493 e. The third kappa shape index (κ3) is 5.79. The van der Waals surface area contributed by atoms with Crippen molar-refractivity contribution in [2.75, 3.05) is 47.5 Å². The quantitative estimate of drug-likeness (QED) is 0.662. The maximum atomic E-state index is 13.6. The van der Waals surface area contributed by atoms with E-state index < -0.39 is 0 Å². The molecule has 1 saturated heterocycles. The lowest BCUT2D eigenvalue weighted by Gasteiger charge is -2.27. The van der Waals surface area contributed by atoms with Gasteiger partial charge in [0, 0.05) is 18.7 Å². The van der Waals surface area contributed by atoms with Crippen molar-refractivity contribution in [2.24, 2.45) is 5.92 Å². The van der Waals surface area contributed by atoms with E-state index in [1.807, 2.05) is 23.1 Å². The minimum atomic E-state index is -0.0491. The zero-order valence-corrected chi connectivity index (χ0v) is 18.8. The van der Waals surface area contributed by atoms with Crippen LogP contribution in [0.4, 0.5) is 0 Å². The van der Waals surface area contributed by atoms with Gasteiger partial charge in [0.05, 0.1) is 21.3 Å². The van der Waals surface area contributed by atoms with Gasteiger partial charge in [0.25, 0.3) is 5.91 Å². The van der Waals surface area contributed by atoms with Gasteiger partial charge in [-0.05, 0) is 50.0 Å². The highest BCUT2D eigenvalue weighted by Crippen LogP contribution is 2.38. The summed E-state index contributed by atoms with van der Waals surface area (Å²) in [5.74, 6) is 1.82. The zero-order chi connectivity index (χ0) is 22.2. The van der Waals surface area contributed by atoms with Crippen LogP contribution in [0.2, 0.25) is 0 Å². The summed E-state index contributed by atoms with van der Waals surface area (Å²) in [6.45, 7) is 5.24. The molecule has 31 heavy (non-hydrogen) atoms. The molecular formula is C25H32N2O4. The van der Waals surface area contributed by atoms with Crippen molar-refractivity contribution in [3.8, 4) is 17.2 Å². The summed E-state index contributed by atoms with van der Waals surface area (Å²) in [6.07, 6.45) is 3.20. The number of carbonyl (C=O) groups is 1. The maximum absolute atomic E-state index is 13.6. The molecule has 0 radical (unpaired) electrons. The SMILES string of the molecule is COc1cc(C(=O)N(C/C(C)=C/c2ccccc2)CC2CCNC2)cc(OC)c1OC. The molecular weight excluding hydrogens is 392 g/mol. The highest BCUT2D eigenvalue weighted by Gasteiger charge is 2.25. The van der Waals surface area contributed by atoms with E-state index in [-0.39, 0.29) is 5.91 Å². The molecule has 2 aromatic rings. The number of ether oxygens (including phenoxy) is 3. The molecule has 0 spiro atoms. The third-order valence-electron chi connectivity index (χ3n) is 5.49. The molecule has 2 aromatic carbocycles. The van der Waals surface area contributed by atoms with Crippen molar-refractivity contribution in [2.45, 2.75) is 13.3 Å². The second kappa shape index (κ2) is 10.9. The van der Waals surface area contributed by atoms with Gasteiger partial charge in [-0.2, -0.15) is 0 Å². The van der Waals surface area contributed by atoms with Crippen molar-refractivity contribution >= 4 is 12.0 Å². The summed E-state index contributed by atoms with van der Waals surface area (Å²) in [7, 11) is 4.67. The average Bonchev–Trinajstić information content (AvgIpc) is 3.30. The molecule has 1 atom stereocenters. The highest BCUT2D eigenvalue weighted by molar-refractivity contribution is 5.96. The van der Waals surface area contributed by atoms with E-state index in [0.717, 1.165) is 30.6 Å². The molecule has 1 unspecified atom stereocenters.